The molecule has 2 aliphatic rings. The number of benzene rings is 2. The summed E-state index contributed by atoms with van der Waals surface area (Å²) in [4.78, 5) is 2.57. The molecule has 2 heterocycles. The molecule has 4 rings (SSSR count). The fourth-order valence-corrected chi connectivity index (χ4v) is 5.98. The third-order valence-electron chi connectivity index (χ3n) is 6.09. The number of hydrogen-bond acceptors (Lipinski definition) is 5. The van der Waals surface area contributed by atoms with Crippen molar-refractivity contribution in [1.29, 1.82) is 0 Å². The summed E-state index contributed by atoms with van der Waals surface area (Å²) in [6.45, 7) is 3.85. The third kappa shape index (κ3) is 6.64. The zero-order chi connectivity index (χ0) is 23.5. The lowest BCUT2D eigenvalue weighted by Gasteiger charge is -2.34. The van der Waals surface area contributed by atoms with Crippen LogP contribution in [0.25, 0.3) is 0 Å². The van der Waals surface area contributed by atoms with E-state index in [9.17, 15) is 17.7 Å². The van der Waals surface area contributed by atoms with Crippen LogP contribution in [0.15, 0.2) is 53.4 Å². The van der Waals surface area contributed by atoms with E-state index in [1.807, 2.05) is 12.1 Å². The van der Waals surface area contributed by atoms with Crippen molar-refractivity contribution in [2.24, 2.45) is 0 Å². The summed E-state index contributed by atoms with van der Waals surface area (Å²) in [5, 5.41) is 0. The molecular weight excluding hydrogens is 453 g/mol. The Balaban J connectivity index is 1.29. The molecule has 0 aliphatic carbocycles. The minimum Gasteiger partial charge on any atom is -0.490 e. The van der Waals surface area contributed by atoms with Gasteiger partial charge in [-0.3, -0.25) is 9.62 Å². The zero-order valence-corrected chi connectivity index (χ0v) is 19.5. The van der Waals surface area contributed by atoms with E-state index in [1.165, 1.54) is 11.6 Å². The molecule has 0 amide bonds. The van der Waals surface area contributed by atoms with Crippen molar-refractivity contribution in [1.82, 2.24) is 9.62 Å². The van der Waals surface area contributed by atoms with Gasteiger partial charge >= 0.3 is 6.18 Å². The molecule has 2 aromatic carbocycles. The number of rotatable bonds is 7. The molecule has 33 heavy (non-hydrogen) atoms. The molecule has 0 saturated carbocycles. The van der Waals surface area contributed by atoms with Crippen LogP contribution < -0.4 is 9.46 Å². The van der Waals surface area contributed by atoms with Crippen molar-refractivity contribution in [3.8, 4) is 5.75 Å². The molecule has 2 saturated heterocycles. The topological polar surface area (TPSA) is 54.0 Å². The van der Waals surface area contributed by atoms with Crippen LogP contribution in [0.2, 0.25) is 0 Å². The summed E-state index contributed by atoms with van der Waals surface area (Å²) in [6, 6.07) is 13.1. The van der Waals surface area contributed by atoms with Gasteiger partial charge in [0.25, 0.3) is 0 Å². The minimum absolute atomic E-state index is 0.0145. The SMILES string of the molecule is CS(O)(NC1CCN(Cc2ccc(OC3CCOCC3)cc2)C1)c1cccc(C(F)(F)F)c1. The first kappa shape index (κ1) is 24.3. The Bertz CT molecular complexity index is 918. The maximum Gasteiger partial charge on any atom is 0.416 e. The normalized spacial score (nSPS) is 23.2. The van der Waals surface area contributed by atoms with E-state index in [2.05, 4.69) is 21.8 Å². The lowest BCUT2D eigenvalue weighted by atomic mass is 10.1. The fourth-order valence-electron chi connectivity index (χ4n) is 4.30. The highest BCUT2D eigenvalue weighted by atomic mass is 32.3. The number of alkyl halides is 3. The maximum atomic E-state index is 13.0. The van der Waals surface area contributed by atoms with Gasteiger partial charge in [-0.15, -0.1) is 0 Å². The van der Waals surface area contributed by atoms with Gasteiger partial charge in [-0.25, -0.2) is 0 Å². The molecule has 0 bridgehead atoms. The van der Waals surface area contributed by atoms with Gasteiger partial charge in [-0.05, 0) is 42.3 Å². The minimum atomic E-state index is -4.43. The van der Waals surface area contributed by atoms with Crippen LogP contribution in [-0.2, 0) is 17.5 Å². The Morgan fingerprint density at radius 3 is 2.55 bits per heavy atom. The molecule has 2 atom stereocenters. The predicted octanol–water partition coefficient (Wildman–Crippen LogP) is 5.31. The van der Waals surface area contributed by atoms with Crippen LogP contribution in [0, 0.1) is 0 Å². The number of nitrogens with zero attached hydrogens (tertiary/aromatic N) is 1. The first-order chi connectivity index (χ1) is 15.7. The molecular formula is C24H31F3N2O3S. The Morgan fingerprint density at radius 2 is 1.85 bits per heavy atom. The highest BCUT2D eigenvalue weighted by Crippen LogP contribution is 2.47. The predicted molar refractivity (Wildman–Crippen MR) is 124 cm³/mol. The molecule has 2 aliphatic heterocycles. The lowest BCUT2D eigenvalue weighted by Crippen LogP contribution is -2.34. The van der Waals surface area contributed by atoms with E-state index < -0.39 is 22.2 Å². The molecule has 0 radical (unpaired) electrons. The van der Waals surface area contributed by atoms with Gasteiger partial charge < -0.3 is 14.0 Å². The van der Waals surface area contributed by atoms with Crippen LogP contribution >= 0.6 is 10.5 Å². The summed E-state index contributed by atoms with van der Waals surface area (Å²) >= 11 is 0. The molecule has 182 valence electrons. The second-order valence-corrected chi connectivity index (χ2v) is 11.3. The second-order valence-electron chi connectivity index (χ2n) is 8.81. The van der Waals surface area contributed by atoms with Gasteiger partial charge in [-0.1, -0.05) is 28.7 Å². The van der Waals surface area contributed by atoms with E-state index >= 15 is 0 Å². The molecule has 9 heteroatoms. The number of ether oxygens (including phenoxy) is 2. The number of hydrogen-bond donors (Lipinski definition) is 2. The molecule has 0 spiro atoms. The van der Waals surface area contributed by atoms with Crippen LogP contribution in [0.5, 0.6) is 5.75 Å². The highest BCUT2D eigenvalue weighted by molar-refractivity contribution is 8.27. The molecule has 2 N–H and O–H groups in total. The number of nitrogens with one attached hydrogen (secondary N) is 1. The Morgan fingerprint density at radius 1 is 1.12 bits per heavy atom. The molecule has 0 aromatic heterocycles. The first-order valence-corrected chi connectivity index (χ1v) is 13.2. The Labute approximate surface area is 194 Å². The van der Waals surface area contributed by atoms with Crippen molar-refractivity contribution < 1.29 is 27.2 Å². The van der Waals surface area contributed by atoms with Gasteiger partial charge in [-0.2, -0.15) is 13.2 Å². The third-order valence-corrected chi connectivity index (χ3v) is 8.05. The van der Waals surface area contributed by atoms with Gasteiger partial charge in [0.15, 0.2) is 0 Å². The molecule has 5 nitrogen and oxygen atoms in total. The fraction of sp³-hybridized carbons (Fsp3) is 0.500. The van der Waals surface area contributed by atoms with E-state index in [1.54, 1.807) is 12.3 Å². The Hall–Kier alpha value is -1.78. The van der Waals surface area contributed by atoms with E-state index in [-0.39, 0.29) is 17.0 Å². The smallest absolute Gasteiger partial charge is 0.416 e. The largest absolute Gasteiger partial charge is 0.490 e. The van der Waals surface area contributed by atoms with Gasteiger partial charge in [0.2, 0.25) is 0 Å². The monoisotopic (exact) mass is 484 g/mol. The average molecular weight is 485 g/mol. The highest BCUT2D eigenvalue weighted by Gasteiger charge is 2.33. The molecule has 2 aromatic rings. The maximum absolute atomic E-state index is 13.0. The number of halogens is 3. The number of likely N-dealkylation sites (tertiary alicyclic amines) is 1. The standard InChI is InChI=1S/C24H31F3N2O3S/c1-33(30,23-4-2-3-19(15-23)24(25,26)27)28-20-9-12-29(17-20)16-18-5-7-21(8-6-18)32-22-10-13-31-14-11-22/h2-8,15,20,22,28,30H,9-14,16-17H2,1H3. The summed E-state index contributed by atoms with van der Waals surface area (Å²) in [6.07, 6.45) is 0.0187. The van der Waals surface area contributed by atoms with E-state index in [4.69, 9.17) is 9.47 Å². The van der Waals surface area contributed by atoms with Crippen molar-refractivity contribution in [3.05, 3.63) is 59.7 Å². The van der Waals surface area contributed by atoms with Crippen molar-refractivity contribution in [2.75, 3.05) is 32.6 Å². The first-order valence-electron chi connectivity index (χ1n) is 11.2. The van der Waals surface area contributed by atoms with Gasteiger partial charge in [0, 0.05) is 49.7 Å². The summed E-state index contributed by atoms with van der Waals surface area (Å²) < 4.78 is 64.7. The lowest BCUT2D eigenvalue weighted by molar-refractivity contribution is -0.137. The second kappa shape index (κ2) is 10.2. The van der Waals surface area contributed by atoms with Crippen LogP contribution in [0.1, 0.15) is 30.4 Å². The zero-order valence-electron chi connectivity index (χ0n) is 18.7. The molecule has 2 fully saturated rings. The van der Waals surface area contributed by atoms with Gasteiger partial charge in [0.1, 0.15) is 11.9 Å². The van der Waals surface area contributed by atoms with Crippen molar-refractivity contribution in [3.63, 3.8) is 0 Å². The summed E-state index contributed by atoms with van der Waals surface area (Å²) in [5.41, 5.74) is 0.429. The average Bonchev–Trinajstić information content (AvgIpc) is 3.21. The van der Waals surface area contributed by atoms with E-state index in [0.29, 0.717) is 0 Å². The van der Waals surface area contributed by atoms with Crippen LogP contribution in [0.3, 0.4) is 0 Å². The van der Waals surface area contributed by atoms with Crippen LogP contribution in [0.4, 0.5) is 13.2 Å². The van der Waals surface area contributed by atoms with Crippen molar-refractivity contribution in [2.45, 2.75) is 49.0 Å². The summed E-state index contributed by atoms with van der Waals surface area (Å²) in [5.74, 6) is 0.868. The Kier molecular flexibility index (Phi) is 7.55. The summed E-state index contributed by atoms with van der Waals surface area (Å²) in [7, 11) is -2.54. The van der Waals surface area contributed by atoms with Crippen molar-refractivity contribution >= 4 is 10.5 Å². The molecule has 2 unspecified atom stereocenters. The van der Waals surface area contributed by atoms with Gasteiger partial charge in [0.05, 0.1) is 18.8 Å². The quantitative estimate of drug-likeness (QED) is 0.558. The van der Waals surface area contributed by atoms with Crippen LogP contribution in [-0.4, -0.2) is 54.2 Å². The van der Waals surface area contributed by atoms with E-state index in [0.717, 1.165) is 70.0 Å².